The largest absolute Gasteiger partial charge is 0.480 e. The Morgan fingerprint density at radius 3 is 2.63 bits per heavy atom. The van der Waals surface area contributed by atoms with E-state index in [2.05, 4.69) is 22.3 Å². The first kappa shape index (κ1) is 21.0. The van der Waals surface area contributed by atoms with Gasteiger partial charge in [-0.3, -0.25) is 14.7 Å². The van der Waals surface area contributed by atoms with E-state index in [1.54, 1.807) is 0 Å². The summed E-state index contributed by atoms with van der Waals surface area (Å²) in [6, 6.07) is 14.0. The lowest BCUT2D eigenvalue weighted by Gasteiger charge is -2.36. The average molecular weight is 408 g/mol. The van der Waals surface area contributed by atoms with Crippen LogP contribution in [0.2, 0.25) is 0 Å². The molecule has 1 aliphatic heterocycles. The molecule has 1 unspecified atom stereocenters. The standard InChI is InChI=1S/C25H33N3O2/c29-25(30)24(20-8-2-1-3-9-20)28-17-14-21(15-18-28)26-16-6-10-22-13-12-19-7-4-5-11-23(19)27-22/h1-3,8-9,12-13,21,24,26H,4-7,10-11,14-18H2,(H,29,30). The van der Waals surface area contributed by atoms with E-state index >= 15 is 0 Å². The molecule has 0 bridgehead atoms. The third-order valence-electron chi connectivity index (χ3n) is 6.52. The van der Waals surface area contributed by atoms with Gasteiger partial charge in [0.25, 0.3) is 0 Å². The molecule has 0 spiro atoms. The zero-order valence-corrected chi connectivity index (χ0v) is 17.7. The summed E-state index contributed by atoms with van der Waals surface area (Å²) in [5, 5.41) is 13.4. The Hall–Kier alpha value is -2.24. The summed E-state index contributed by atoms with van der Waals surface area (Å²) in [5.41, 5.74) is 4.86. The monoisotopic (exact) mass is 407 g/mol. The van der Waals surface area contributed by atoms with Gasteiger partial charge in [-0.15, -0.1) is 0 Å². The van der Waals surface area contributed by atoms with Crippen LogP contribution in [0.1, 0.15) is 60.7 Å². The fourth-order valence-electron chi connectivity index (χ4n) is 4.85. The molecule has 0 amide bonds. The molecular formula is C25H33N3O2. The highest BCUT2D eigenvalue weighted by atomic mass is 16.4. The molecule has 1 aliphatic carbocycles. The highest BCUT2D eigenvalue weighted by Crippen LogP contribution is 2.25. The van der Waals surface area contributed by atoms with E-state index in [0.29, 0.717) is 6.04 Å². The van der Waals surface area contributed by atoms with Crippen molar-refractivity contribution in [3.05, 3.63) is 65.0 Å². The number of fused-ring (bicyclic) bond motifs is 1. The number of carboxylic acids is 1. The normalized spacial score (nSPS) is 18.7. The van der Waals surface area contributed by atoms with Gasteiger partial charge in [0.2, 0.25) is 0 Å². The first-order valence-electron chi connectivity index (χ1n) is 11.4. The SMILES string of the molecule is O=C(O)C(c1ccccc1)N1CCC(NCCCc2ccc3c(n2)CCCC3)CC1. The molecular weight excluding hydrogens is 374 g/mol. The van der Waals surface area contributed by atoms with Crippen molar-refractivity contribution in [2.75, 3.05) is 19.6 Å². The fraction of sp³-hybridized carbons (Fsp3) is 0.520. The third kappa shape index (κ3) is 5.27. The average Bonchev–Trinajstić information content (AvgIpc) is 2.78. The number of nitrogens with one attached hydrogen (secondary N) is 1. The van der Waals surface area contributed by atoms with Crippen molar-refractivity contribution in [1.82, 2.24) is 15.2 Å². The van der Waals surface area contributed by atoms with Gasteiger partial charge in [0.15, 0.2) is 0 Å². The second-order valence-corrected chi connectivity index (χ2v) is 8.63. The van der Waals surface area contributed by atoms with Gasteiger partial charge in [-0.05, 0) is 75.1 Å². The van der Waals surface area contributed by atoms with Crippen LogP contribution in [0.5, 0.6) is 0 Å². The van der Waals surface area contributed by atoms with E-state index in [0.717, 1.165) is 57.3 Å². The van der Waals surface area contributed by atoms with Crippen LogP contribution < -0.4 is 5.32 Å². The molecule has 1 fully saturated rings. The summed E-state index contributed by atoms with van der Waals surface area (Å²) in [4.78, 5) is 18.8. The topological polar surface area (TPSA) is 65.5 Å². The number of rotatable bonds is 8. The molecule has 2 aliphatic rings. The molecule has 1 saturated heterocycles. The maximum atomic E-state index is 11.9. The molecule has 5 heteroatoms. The van der Waals surface area contributed by atoms with E-state index in [-0.39, 0.29) is 0 Å². The van der Waals surface area contributed by atoms with Crippen LogP contribution in [0, 0.1) is 0 Å². The zero-order chi connectivity index (χ0) is 20.8. The fourth-order valence-corrected chi connectivity index (χ4v) is 4.85. The van der Waals surface area contributed by atoms with Crippen LogP contribution in [0.3, 0.4) is 0 Å². The molecule has 1 atom stereocenters. The van der Waals surface area contributed by atoms with Crippen LogP contribution >= 0.6 is 0 Å². The number of aliphatic carboxylic acids is 1. The van der Waals surface area contributed by atoms with Crippen LogP contribution in [0.15, 0.2) is 42.5 Å². The number of carbonyl (C=O) groups is 1. The Balaban J connectivity index is 1.20. The minimum Gasteiger partial charge on any atom is -0.480 e. The second-order valence-electron chi connectivity index (χ2n) is 8.63. The minimum absolute atomic E-state index is 0.475. The van der Waals surface area contributed by atoms with Gasteiger partial charge in [-0.25, -0.2) is 0 Å². The molecule has 4 rings (SSSR count). The number of hydrogen-bond donors (Lipinski definition) is 2. The second kappa shape index (κ2) is 10.2. The molecule has 2 heterocycles. The highest BCUT2D eigenvalue weighted by molar-refractivity contribution is 5.75. The molecule has 160 valence electrons. The predicted octanol–water partition coefficient (Wildman–Crippen LogP) is 3.77. The number of piperidine rings is 1. The lowest BCUT2D eigenvalue weighted by molar-refractivity contribution is -0.144. The van der Waals surface area contributed by atoms with Gasteiger partial charge < -0.3 is 10.4 Å². The van der Waals surface area contributed by atoms with Gasteiger partial charge in [-0.2, -0.15) is 0 Å². The van der Waals surface area contributed by atoms with Gasteiger partial charge in [-0.1, -0.05) is 36.4 Å². The lowest BCUT2D eigenvalue weighted by Crippen LogP contribution is -2.45. The molecule has 30 heavy (non-hydrogen) atoms. The van der Waals surface area contributed by atoms with Crippen molar-refractivity contribution < 1.29 is 9.90 Å². The summed E-state index contributed by atoms with van der Waals surface area (Å²) in [6.45, 7) is 2.62. The number of likely N-dealkylation sites (tertiary alicyclic amines) is 1. The number of pyridine rings is 1. The Morgan fingerprint density at radius 1 is 1.10 bits per heavy atom. The number of hydrogen-bond acceptors (Lipinski definition) is 4. The maximum Gasteiger partial charge on any atom is 0.325 e. The van der Waals surface area contributed by atoms with Crippen molar-refractivity contribution in [3.8, 4) is 0 Å². The van der Waals surface area contributed by atoms with Crippen LogP contribution in [-0.4, -0.2) is 46.6 Å². The van der Waals surface area contributed by atoms with E-state index in [4.69, 9.17) is 4.98 Å². The van der Waals surface area contributed by atoms with Crippen LogP contribution in [-0.2, 0) is 24.1 Å². The van der Waals surface area contributed by atoms with Crippen molar-refractivity contribution >= 4 is 5.97 Å². The molecule has 0 radical (unpaired) electrons. The predicted molar refractivity (Wildman–Crippen MR) is 119 cm³/mol. The van der Waals surface area contributed by atoms with Crippen molar-refractivity contribution in [2.45, 2.75) is 63.5 Å². The van der Waals surface area contributed by atoms with E-state index in [9.17, 15) is 9.90 Å². The highest BCUT2D eigenvalue weighted by Gasteiger charge is 2.30. The third-order valence-corrected chi connectivity index (χ3v) is 6.52. The van der Waals surface area contributed by atoms with Crippen molar-refractivity contribution in [2.24, 2.45) is 0 Å². The molecule has 1 aromatic carbocycles. The molecule has 2 N–H and O–H groups in total. The van der Waals surface area contributed by atoms with E-state index < -0.39 is 12.0 Å². The number of aromatic nitrogens is 1. The molecule has 2 aromatic rings. The summed E-state index contributed by atoms with van der Waals surface area (Å²) >= 11 is 0. The molecule has 0 saturated carbocycles. The van der Waals surface area contributed by atoms with Gasteiger partial charge in [0.05, 0.1) is 0 Å². The smallest absolute Gasteiger partial charge is 0.325 e. The summed E-state index contributed by atoms with van der Waals surface area (Å²) in [5.74, 6) is -0.759. The first-order valence-corrected chi connectivity index (χ1v) is 11.4. The number of nitrogens with zero attached hydrogens (tertiary/aromatic N) is 2. The summed E-state index contributed by atoms with van der Waals surface area (Å²) in [6.07, 6.45) is 9.01. The molecule has 1 aromatic heterocycles. The summed E-state index contributed by atoms with van der Waals surface area (Å²) < 4.78 is 0. The van der Waals surface area contributed by atoms with E-state index in [1.165, 1.54) is 36.2 Å². The number of carboxylic acid groups (broad SMARTS) is 1. The summed E-state index contributed by atoms with van der Waals surface area (Å²) in [7, 11) is 0. The van der Waals surface area contributed by atoms with Crippen LogP contribution in [0.25, 0.3) is 0 Å². The lowest BCUT2D eigenvalue weighted by atomic mass is 9.95. The molecule has 5 nitrogen and oxygen atoms in total. The number of aryl methyl sites for hydroxylation is 3. The van der Waals surface area contributed by atoms with Gasteiger partial charge >= 0.3 is 5.97 Å². The quantitative estimate of drug-likeness (QED) is 0.652. The Labute approximate surface area is 179 Å². The minimum atomic E-state index is -0.759. The zero-order valence-electron chi connectivity index (χ0n) is 17.7. The van der Waals surface area contributed by atoms with Crippen molar-refractivity contribution in [1.29, 1.82) is 0 Å². The van der Waals surface area contributed by atoms with Crippen molar-refractivity contribution in [3.63, 3.8) is 0 Å². The maximum absolute atomic E-state index is 11.9. The van der Waals surface area contributed by atoms with Gasteiger partial charge in [0, 0.05) is 30.5 Å². The Kier molecular flexibility index (Phi) is 7.13. The number of benzene rings is 1. The van der Waals surface area contributed by atoms with E-state index in [1.807, 2.05) is 30.3 Å². The van der Waals surface area contributed by atoms with Gasteiger partial charge in [0.1, 0.15) is 6.04 Å². The van der Waals surface area contributed by atoms with Crippen LogP contribution in [0.4, 0.5) is 0 Å². The Morgan fingerprint density at radius 2 is 1.87 bits per heavy atom. The Bertz CT molecular complexity index is 832. The first-order chi connectivity index (χ1) is 14.7.